The summed E-state index contributed by atoms with van der Waals surface area (Å²) >= 11 is 0. The highest BCUT2D eigenvalue weighted by atomic mass is 15.1. The van der Waals surface area contributed by atoms with Gasteiger partial charge >= 0.3 is 0 Å². The highest BCUT2D eigenvalue weighted by Crippen LogP contribution is 2.40. The molecule has 2 N–H and O–H groups in total. The van der Waals surface area contributed by atoms with Crippen molar-refractivity contribution in [2.75, 3.05) is 19.6 Å². The molecule has 15 heavy (non-hydrogen) atoms. The predicted molar refractivity (Wildman–Crippen MR) is 66.9 cm³/mol. The molecule has 1 aliphatic carbocycles. The largest absolute Gasteiger partial charge is 0.327 e. The average Bonchev–Trinajstić information content (AvgIpc) is 2.44. The first-order valence-electron chi connectivity index (χ1n) is 6.49. The lowest BCUT2D eigenvalue weighted by atomic mass is 9.85. The van der Waals surface area contributed by atoms with E-state index >= 15 is 0 Å². The van der Waals surface area contributed by atoms with Crippen molar-refractivity contribution in [1.29, 1.82) is 0 Å². The third kappa shape index (κ3) is 3.18. The Kier molecular flexibility index (Phi) is 4.60. The molecule has 0 aromatic rings. The van der Waals surface area contributed by atoms with Crippen LogP contribution >= 0.6 is 0 Å². The molecule has 1 rings (SSSR count). The Morgan fingerprint density at radius 1 is 1.33 bits per heavy atom. The average molecular weight is 212 g/mol. The second-order valence-electron chi connectivity index (χ2n) is 5.71. The first-order chi connectivity index (χ1) is 7.01. The van der Waals surface area contributed by atoms with Gasteiger partial charge in [0.15, 0.2) is 0 Å². The number of hydrogen-bond donors (Lipinski definition) is 1. The van der Waals surface area contributed by atoms with Crippen LogP contribution in [0.4, 0.5) is 0 Å². The maximum Gasteiger partial charge on any atom is 0.0131 e. The third-order valence-electron chi connectivity index (χ3n) is 4.05. The molecule has 1 fully saturated rings. The van der Waals surface area contributed by atoms with Crippen LogP contribution in [0, 0.1) is 11.3 Å². The normalized spacial score (nSPS) is 30.0. The van der Waals surface area contributed by atoms with Crippen LogP contribution in [0.15, 0.2) is 0 Å². The van der Waals surface area contributed by atoms with E-state index in [4.69, 9.17) is 5.73 Å². The first-order valence-corrected chi connectivity index (χ1v) is 6.49. The Labute approximate surface area is 95.2 Å². The summed E-state index contributed by atoms with van der Waals surface area (Å²) in [5, 5.41) is 0. The van der Waals surface area contributed by atoms with Crippen LogP contribution in [0.25, 0.3) is 0 Å². The van der Waals surface area contributed by atoms with Gasteiger partial charge in [0, 0.05) is 12.6 Å². The van der Waals surface area contributed by atoms with Crippen molar-refractivity contribution < 1.29 is 0 Å². The molecule has 1 saturated carbocycles. The molecule has 90 valence electrons. The fourth-order valence-corrected chi connectivity index (χ4v) is 2.77. The fraction of sp³-hybridized carbons (Fsp3) is 1.00. The van der Waals surface area contributed by atoms with Gasteiger partial charge < -0.3 is 10.6 Å². The van der Waals surface area contributed by atoms with Gasteiger partial charge in [-0.05, 0) is 43.7 Å². The van der Waals surface area contributed by atoms with E-state index in [1.807, 2.05) is 0 Å². The Balaban J connectivity index is 2.45. The van der Waals surface area contributed by atoms with Crippen molar-refractivity contribution in [2.24, 2.45) is 17.1 Å². The maximum atomic E-state index is 6.33. The van der Waals surface area contributed by atoms with E-state index in [2.05, 4.69) is 32.6 Å². The molecule has 0 aromatic heterocycles. The van der Waals surface area contributed by atoms with Crippen molar-refractivity contribution >= 4 is 0 Å². The zero-order chi connectivity index (χ0) is 11.5. The van der Waals surface area contributed by atoms with Crippen molar-refractivity contribution in [3.63, 3.8) is 0 Å². The minimum atomic E-state index is 0.357. The molecule has 0 aromatic carbocycles. The Hall–Kier alpha value is -0.0800. The smallest absolute Gasteiger partial charge is 0.0131 e. The summed E-state index contributed by atoms with van der Waals surface area (Å²) in [4.78, 5) is 2.55. The Morgan fingerprint density at radius 2 is 2.00 bits per heavy atom. The topological polar surface area (TPSA) is 29.3 Å². The second-order valence-corrected chi connectivity index (χ2v) is 5.71. The lowest BCUT2D eigenvalue weighted by molar-refractivity contribution is 0.212. The summed E-state index contributed by atoms with van der Waals surface area (Å²) in [6.45, 7) is 12.7. The summed E-state index contributed by atoms with van der Waals surface area (Å²) in [6.07, 6.45) is 3.86. The van der Waals surface area contributed by atoms with Crippen molar-refractivity contribution in [3.05, 3.63) is 0 Å². The maximum absolute atomic E-state index is 6.33. The van der Waals surface area contributed by atoms with Gasteiger partial charge in [0.1, 0.15) is 0 Å². The van der Waals surface area contributed by atoms with E-state index in [0.717, 1.165) is 6.54 Å². The summed E-state index contributed by atoms with van der Waals surface area (Å²) in [7, 11) is 0. The Bertz CT molecular complexity index is 189. The molecule has 0 radical (unpaired) electrons. The van der Waals surface area contributed by atoms with Gasteiger partial charge in [-0.15, -0.1) is 0 Å². The van der Waals surface area contributed by atoms with Gasteiger partial charge in [0.05, 0.1) is 0 Å². The zero-order valence-electron chi connectivity index (χ0n) is 10.9. The van der Waals surface area contributed by atoms with Crippen LogP contribution in [0.3, 0.4) is 0 Å². The minimum absolute atomic E-state index is 0.357. The van der Waals surface area contributed by atoms with E-state index in [1.54, 1.807) is 0 Å². The van der Waals surface area contributed by atoms with E-state index in [9.17, 15) is 0 Å². The molecule has 0 aliphatic heterocycles. The van der Waals surface area contributed by atoms with Crippen LogP contribution < -0.4 is 5.73 Å². The van der Waals surface area contributed by atoms with Crippen LogP contribution in [-0.4, -0.2) is 30.6 Å². The van der Waals surface area contributed by atoms with Gasteiger partial charge in [-0.25, -0.2) is 0 Å². The minimum Gasteiger partial charge on any atom is -0.327 e. The number of rotatable bonds is 5. The highest BCUT2D eigenvalue weighted by molar-refractivity contribution is 4.94. The van der Waals surface area contributed by atoms with Crippen molar-refractivity contribution in [3.8, 4) is 0 Å². The fourth-order valence-electron chi connectivity index (χ4n) is 2.77. The quantitative estimate of drug-likeness (QED) is 0.758. The molecule has 0 spiro atoms. The molecular weight excluding hydrogens is 184 g/mol. The van der Waals surface area contributed by atoms with Crippen LogP contribution in [0.1, 0.15) is 47.0 Å². The molecule has 0 saturated heterocycles. The third-order valence-corrected chi connectivity index (χ3v) is 4.05. The first kappa shape index (κ1) is 13.0. The standard InChI is InChI=1S/C13H28N2/c1-5-9-15(6-2)10-11-7-8-13(3,4)12(11)14/h11-12H,5-10,14H2,1-4H3. The number of nitrogens with two attached hydrogens (primary N) is 1. The van der Waals surface area contributed by atoms with Crippen molar-refractivity contribution in [1.82, 2.24) is 4.90 Å². The van der Waals surface area contributed by atoms with E-state index in [1.165, 1.54) is 32.4 Å². The molecular formula is C13H28N2. The molecule has 0 bridgehead atoms. The molecule has 2 heteroatoms. The molecule has 0 amide bonds. The van der Waals surface area contributed by atoms with Crippen LogP contribution in [0.5, 0.6) is 0 Å². The van der Waals surface area contributed by atoms with Gasteiger partial charge in [0.2, 0.25) is 0 Å². The van der Waals surface area contributed by atoms with Gasteiger partial charge in [0.25, 0.3) is 0 Å². The SMILES string of the molecule is CCCN(CC)CC1CCC(C)(C)C1N. The molecule has 2 nitrogen and oxygen atoms in total. The molecule has 2 unspecified atom stereocenters. The number of hydrogen-bond acceptors (Lipinski definition) is 2. The summed E-state index contributed by atoms with van der Waals surface area (Å²) < 4.78 is 0. The molecule has 1 aliphatic rings. The van der Waals surface area contributed by atoms with Crippen LogP contribution in [0.2, 0.25) is 0 Å². The lowest BCUT2D eigenvalue weighted by Gasteiger charge is -2.30. The number of nitrogens with zero attached hydrogens (tertiary/aromatic N) is 1. The summed E-state index contributed by atoms with van der Waals surface area (Å²) in [6, 6.07) is 0.392. The summed E-state index contributed by atoms with van der Waals surface area (Å²) in [5.41, 5.74) is 6.69. The van der Waals surface area contributed by atoms with Crippen molar-refractivity contribution in [2.45, 2.75) is 53.0 Å². The molecule has 0 heterocycles. The van der Waals surface area contributed by atoms with Gasteiger partial charge in [-0.3, -0.25) is 0 Å². The van der Waals surface area contributed by atoms with Gasteiger partial charge in [-0.2, -0.15) is 0 Å². The van der Waals surface area contributed by atoms with Gasteiger partial charge in [-0.1, -0.05) is 27.7 Å². The Morgan fingerprint density at radius 3 is 2.40 bits per heavy atom. The van der Waals surface area contributed by atoms with E-state index < -0.39 is 0 Å². The lowest BCUT2D eigenvalue weighted by Crippen LogP contribution is -2.42. The summed E-state index contributed by atoms with van der Waals surface area (Å²) in [5.74, 6) is 0.714. The van der Waals surface area contributed by atoms with E-state index in [-0.39, 0.29) is 0 Å². The zero-order valence-corrected chi connectivity index (χ0v) is 10.9. The monoisotopic (exact) mass is 212 g/mol. The molecule has 2 atom stereocenters. The highest BCUT2D eigenvalue weighted by Gasteiger charge is 2.39. The van der Waals surface area contributed by atoms with E-state index in [0.29, 0.717) is 17.4 Å². The van der Waals surface area contributed by atoms with Crippen LogP contribution in [-0.2, 0) is 0 Å². The second kappa shape index (κ2) is 5.31. The predicted octanol–water partition coefficient (Wildman–Crippen LogP) is 2.48.